The van der Waals surface area contributed by atoms with E-state index in [1.165, 1.54) is 30.6 Å². The molecule has 3 N–H and O–H groups in total. The number of likely N-dealkylation sites (tertiary alicyclic amines) is 1. The first-order valence-electron chi connectivity index (χ1n) is 8.79. The molecule has 27 heavy (non-hydrogen) atoms. The van der Waals surface area contributed by atoms with Gasteiger partial charge in [-0.05, 0) is 38.1 Å². The zero-order valence-electron chi connectivity index (χ0n) is 15.2. The first-order valence-corrected chi connectivity index (χ1v) is 10.0. The third-order valence-corrected chi connectivity index (χ3v) is 5.60. The summed E-state index contributed by atoms with van der Waals surface area (Å²) in [5.74, 6) is 1.06. The Bertz CT molecular complexity index is 806. The van der Waals surface area contributed by atoms with Crippen LogP contribution < -0.4 is 15.2 Å². The zero-order chi connectivity index (χ0) is 19.2. The lowest BCUT2D eigenvalue weighted by atomic mass is 10.1. The summed E-state index contributed by atoms with van der Waals surface area (Å²) in [4.78, 5) is 6.77. The van der Waals surface area contributed by atoms with Gasteiger partial charge in [0.05, 0.1) is 17.8 Å². The van der Waals surface area contributed by atoms with E-state index in [-0.39, 0.29) is 5.84 Å². The molecule has 3 rings (SSSR count). The number of nitrogens with zero attached hydrogens (tertiary/aromatic N) is 3. The van der Waals surface area contributed by atoms with Gasteiger partial charge < -0.3 is 20.4 Å². The number of methoxy groups -OCH3 is 1. The lowest BCUT2D eigenvalue weighted by Crippen LogP contribution is -2.33. The summed E-state index contributed by atoms with van der Waals surface area (Å²) in [5.41, 5.74) is 7.03. The van der Waals surface area contributed by atoms with Crippen LogP contribution in [0.25, 0.3) is 11.3 Å². The fourth-order valence-electron chi connectivity index (χ4n) is 3.03. The molecule has 1 fully saturated rings. The molecule has 1 aliphatic rings. The van der Waals surface area contributed by atoms with Crippen LogP contribution in [0.1, 0.15) is 24.3 Å². The normalized spacial score (nSPS) is 15.7. The Hall–Kier alpha value is -2.03. The zero-order valence-corrected chi connectivity index (χ0v) is 16.7. The second-order valence-corrected chi connectivity index (χ2v) is 7.53. The summed E-state index contributed by atoms with van der Waals surface area (Å²) in [6.45, 7) is 3.68. The number of halogens is 1. The molecule has 2 aromatic rings. The number of rotatable bonds is 7. The fraction of sp³-hybridized carbons (Fsp3) is 0.444. The Kier molecular flexibility index (Phi) is 6.76. The van der Waals surface area contributed by atoms with Crippen molar-refractivity contribution in [2.24, 2.45) is 10.9 Å². The molecule has 1 aromatic carbocycles. The van der Waals surface area contributed by atoms with Gasteiger partial charge in [0.1, 0.15) is 6.61 Å². The highest BCUT2D eigenvalue weighted by atomic mass is 35.5. The average molecular weight is 411 g/mol. The molecule has 0 saturated carbocycles. The van der Waals surface area contributed by atoms with Crippen LogP contribution in [0, 0.1) is 0 Å². The van der Waals surface area contributed by atoms with E-state index >= 15 is 0 Å². The summed E-state index contributed by atoms with van der Waals surface area (Å²) in [7, 11) is 1.58. The number of oxime groups is 1. The Morgan fingerprint density at radius 1 is 1.37 bits per heavy atom. The van der Waals surface area contributed by atoms with Crippen molar-refractivity contribution in [1.82, 2.24) is 9.88 Å². The first kappa shape index (κ1) is 19.7. The third kappa shape index (κ3) is 4.82. The van der Waals surface area contributed by atoms with Crippen LogP contribution in [0.3, 0.4) is 0 Å². The molecule has 9 heteroatoms. The number of ether oxygens (including phenoxy) is 2. The van der Waals surface area contributed by atoms with Crippen molar-refractivity contribution in [3.63, 3.8) is 0 Å². The van der Waals surface area contributed by atoms with Crippen LogP contribution in [0.15, 0.2) is 22.7 Å². The predicted molar refractivity (Wildman–Crippen MR) is 107 cm³/mol. The van der Waals surface area contributed by atoms with Crippen LogP contribution >= 0.6 is 22.9 Å². The van der Waals surface area contributed by atoms with Gasteiger partial charge in [-0.2, -0.15) is 0 Å². The van der Waals surface area contributed by atoms with E-state index < -0.39 is 0 Å². The number of amidine groups is 1. The Morgan fingerprint density at radius 2 is 2.15 bits per heavy atom. The van der Waals surface area contributed by atoms with E-state index in [4.69, 9.17) is 32.0 Å². The van der Waals surface area contributed by atoms with Crippen molar-refractivity contribution in [2.75, 3.05) is 33.4 Å². The molecule has 146 valence electrons. The van der Waals surface area contributed by atoms with E-state index in [1.807, 2.05) is 11.4 Å². The van der Waals surface area contributed by atoms with E-state index in [0.717, 1.165) is 25.2 Å². The summed E-state index contributed by atoms with van der Waals surface area (Å²) in [6, 6.07) is 3.61. The summed E-state index contributed by atoms with van der Waals surface area (Å²) in [5, 5.41) is 14.5. The number of aromatic nitrogens is 1. The highest BCUT2D eigenvalue weighted by Gasteiger charge is 2.16. The molecular formula is C18H23ClN4O3S. The lowest BCUT2D eigenvalue weighted by Gasteiger charge is -2.26. The molecule has 0 bridgehead atoms. The summed E-state index contributed by atoms with van der Waals surface area (Å²) in [6.07, 6.45) is 3.81. The number of piperidine rings is 1. The van der Waals surface area contributed by atoms with Gasteiger partial charge in [-0.1, -0.05) is 23.2 Å². The SMILES string of the molecule is COc1cc(-c2csc(/C(N)=N/O)n2)cc(Cl)c1OCCN1CCCCC1. The molecule has 1 aliphatic heterocycles. The molecule has 0 amide bonds. The smallest absolute Gasteiger partial charge is 0.199 e. The van der Waals surface area contributed by atoms with E-state index in [0.29, 0.717) is 33.8 Å². The van der Waals surface area contributed by atoms with Gasteiger partial charge in [0.25, 0.3) is 0 Å². The average Bonchev–Trinajstić information content (AvgIpc) is 3.19. The molecule has 2 heterocycles. The molecule has 0 radical (unpaired) electrons. The topological polar surface area (TPSA) is 93.2 Å². The molecule has 0 atom stereocenters. The van der Waals surface area contributed by atoms with Crippen LogP contribution in [-0.4, -0.2) is 54.3 Å². The van der Waals surface area contributed by atoms with Crippen LogP contribution in [-0.2, 0) is 0 Å². The molecule has 1 saturated heterocycles. The minimum absolute atomic E-state index is 0.0259. The van der Waals surface area contributed by atoms with E-state index in [1.54, 1.807) is 13.2 Å². The quantitative estimate of drug-likeness (QED) is 0.314. The Labute approximate surface area is 167 Å². The van der Waals surface area contributed by atoms with Gasteiger partial charge in [-0.3, -0.25) is 4.90 Å². The van der Waals surface area contributed by atoms with Crippen molar-refractivity contribution in [3.05, 3.63) is 27.5 Å². The number of hydrogen-bond acceptors (Lipinski definition) is 7. The molecule has 1 aromatic heterocycles. The van der Waals surface area contributed by atoms with Crippen LogP contribution in [0.2, 0.25) is 5.02 Å². The van der Waals surface area contributed by atoms with Gasteiger partial charge in [-0.15, -0.1) is 11.3 Å². The Morgan fingerprint density at radius 3 is 2.85 bits per heavy atom. The maximum Gasteiger partial charge on any atom is 0.199 e. The van der Waals surface area contributed by atoms with Crippen molar-refractivity contribution < 1.29 is 14.7 Å². The largest absolute Gasteiger partial charge is 0.493 e. The van der Waals surface area contributed by atoms with Crippen molar-refractivity contribution in [3.8, 4) is 22.8 Å². The maximum absolute atomic E-state index is 8.78. The number of thiazole rings is 1. The second kappa shape index (κ2) is 9.25. The highest BCUT2D eigenvalue weighted by molar-refractivity contribution is 7.12. The van der Waals surface area contributed by atoms with Gasteiger partial charge in [0, 0.05) is 17.5 Å². The Balaban J connectivity index is 1.73. The first-order chi connectivity index (χ1) is 13.1. The predicted octanol–water partition coefficient (Wildman–Crippen LogP) is 3.43. The summed E-state index contributed by atoms with van der Waals surface area (Å²) < 4.78 is 11.4. The minimum atomic E-state index is -0.0259. The molecule has 7 nitrogen and oxygen atoms in total. The van der Waals surface area contributed by atoms with E-state index in [9.17, 15) is 0 Å². The monoisotopic (exact) mass is 410 g/mol. The number of benzene rings is 1. The maximum atomic E-state index is 8.78. The molecule has 0 aliphatic carbocycles. The highest BCUT2D eigenvalue weighted by Crippen LogP contribution is 2.39. The van der Waals surface area contributed by atoms with Gasteiger partial charge >= 0.3 is 0 Å². The molecular weight excluding hydrogens is 388 g/mol. The number of nitrogens with two attached hydrogens (primary N) is 1. The second-order valence-electron chi connectivity index (χ2n) is 6.26. The van der Waals surface area contributed by atoms with Crippen molar-refractivity contribution in [2.45, 2.75) is 19.3 Å². The fourth-order valence-corrected chi connectivity index (χ4v) is 4.02. The van der Waals surface area contributed by atoms with Crippen molar-refractivity contribution >= 4 is 28.8 Å². The summed E-state index contributed by atoms with van der Waals surface area (Å²) >= 11 is 7.73. The van der Waals surface area contributed by atoms with Crippen LogP contribution in [0.5, 0.6) is 11.5 Å². The molecule has 0 unspecified atom stereocenters. The van der Waals surface area contributed by atoms with Gasteiger partial charge in [0.15, 0.2) is 22.3 Å². The number of hydrogen-bond donors (Lipinski definition) is 2. The van der Waals surface area contributed by atoms with Crippen LogP contribution in [0.4, 0.5) is 0 Å². The van der Waals surface area contributed by atoms with Gasteiger partial charge in [0.2, 0.25) is 0 Å². The molecule has 0 spiro atoms. The third-order valence-electron chi connectivity index (χ3n) is 4.46. The van der Waals surface area contributed by atoms with Crippen molar-refractivity contribution in [1.29, 1.82) is 0 Å². The standard InChI is InChI=1S/C18H23ClN4O3S/c1-25-15-10-12(14-11-27-18(21-14)17(20)22-24)9-13(19)16(15)26-8-7-23-5-3-2-4-6-23/h9-11,24H,2-8H2,1H3,(H2,20,22). The van der Waals surface area contributed by atoms with E-state index in [2.05, 4.69) is 15.0 Å². The lowest BCUT2D eigenvalue weighted by molar-refractivity contribution is 0.180. The van der Waals surface area contributed by atoms with Gasteiger partial charge in [-0.25, -0.2) is 4.98 Å². The minimum Gasteiger partial charge on any atom is -0.493 e.